The molecular formula is C12H12N2O3S. The second kappa shape index (κ2) is 5.05. The van der Waals surface area contributed by atoms with Crippen molar-refractivity contribution >= 4 is 22.4 Å². The number of ether oxygens (including phenoxy) is 1. The Labute approximate surface area is 108 Å². The van der Waals surface area contributed by atoms with Crippen molar-refractivity contribution in [2.24, 2.45) is 0 Å². The van der Waals surface area contributed by atoms with Crippen LogP contribution < -0.4 is 10.1 Å². The molecular weight excluding hydrogens is 252 g/mol. The molecule has 0 aliphatic heterocycles. The number of methoxy groups -OCH3 is 1. The third-order valence-electron chi connectivity index (χ3n) is 2.30. The fraction of sp³-hybridized carbons (Fsp3) is 0.167. The minimum absolute atomic E-state index is 0.155. The van der Waals surface area contributed by atoms with E-state index in [0.717, 1.165) is 5.69 Å². The zero-order valence-electron chi connectivity index (χ0n) is 9.93. The van der Waals surface area contributed by atoms with Gasteiger partial charge in [-0.15, -0.1) is 11.3 Å². The normalized spacial score (nSPS) is 10.1. The zero-order chi connectivity index (χ0) is 13.1. The number of aryl methyl sites for hydroxylation is 1. The van der Waals surface area contributed by atoms with Crippen molar-refractivity contribution in [2.45, 2.75) is 6.92 Å². The van der Waals surface area contributed by atoms with Gasteiger partial charge in [0.05, 0.1) is 18.4 Å². The number of nitrogens with one attached hydrogen (secondary N) is 1. The van der Waals surface area contributed by atoms with E-state index in [1.54, 1.807) is 12.1 Å². The molecule has 6 heteroatoms. The molecule has 0 unspecified atom stereocenters. The molecule has 0 aliphatic rings. The molecule has 1 amide bonds. The second-order valence-corrected chi connectivity index (χ2v) is 4.46. The first-order valence-electron chi connectivity index (χ1n) is 5.21. The van der Waals surface area contributed by atoms with Crippen molar-refractivity contribution in [3.63, 3.8) is 0 Å². The van der Waals surface area contributed by atoms with Crippen LogP contribution in [-0.2, 0) is 0 Å². The van der Waals surface area contributed by atoms with Gasteiger partial charge in [-0.1, -0.05) is 6.07 Å². The summed E-state index contributed by atoms with van der Waals surface area (Å²) >= 11 is 1.33. The van der Waals surface area contributed by atoms with Crippen molar-refractivity contribution in [1.82, 2.24) is 4.98 Å². The summed E-state index contributed by atoms with van der Waals surface area (Å²) in [6.07, 6.45) is 0. The first-order valence-corrected chi connectivity index (χ1v) is 6.09. The molecule has 1 aromatic heterocycles. The maximum absolute atomic E-state index is 12.0. The Morgan fingerprint density at radius 3 is 2.89 bits per heavy atom. The van der Waals surface area contributed by atoms with E-state index in [0.29, 0.717) is 5.13 Å². The van der Waals surface area contributed by atoms with Crippen LogP contribution >= 0.6 is 11.3 Å². The van der Waals surface area contributed by atoms with Gasteiger partial charge in [-0.2, -0.15) is 0 Å². The molecule has 0 radical (unpaired) electrons. The highest BCUT2D eigenvalue weighted by Gasteiger charge is 2.15. The van der Waals surface area contributed by atoms with Crippen molar-refractivity contribution in [2.75, 3.05) is 12.4 Å². The van der Waals surface area contributed by atoms with E-state index < -0.39 is 5.91 Å². The highest BCUT2D eigenvalue weighted by Crippen LogP contribution is 2.30. The van der Waals surface area contributed by atoms with Gasteiger partial charge in [-0.3, -0.25) is 10.1 Å². The SMILES string of the molecule is COc1cccc(C(=O)Nc2nc(C)cs2)c1O. The average molecular weight is 264 g/mol. The van der Waals surface area contributed by atoms with Crippen LogP contribution in [0.4, 0.5) is 5.13 Å². The van der Waals surface area contributed by atoms with Crippen molar-refractivity contribution in [1.29, 1.82) is 0 Å². The van der Waals surface area contributed by atoms with E-state index in [1.807, 2.05) is 12.3 Å². The number of anilines is 1. The summed E-state index contributed by atoms with van der Waals surface area (Å²) in [5, 5.41) is 14.8. The van der Waals surface area contributed by atoms with Crippen molar-refractivity contribution < 1.29 is 14.6 Å². The number of thiazole rings is 1. The van der Waals surface area contributed by atoms with Crippen LogP contribution in [-0.4, -0.2) is 23.1 Å². The lowest BCUT2D eigenvalue weighted by Crippen LogP contribution is -2.12. The standard InChI is InChI=1S/C12H12N2O3S/c1-7-6-18-12(13-7)14-11(16)8-4-3-5-9(17-2)10(8)15/h3-6,15H,1-2H3,(H,13,14,16). The van der Waals surface area contributed by atoms with Gasteiger partial charge in [0.25, 0.3) is 5.91 Å². The maximum atomic E-state index is 12.0. The van der Waals surface area contributed by atoms with Crippen LogP contribution in [0.5, 0.6) is 11.5 Å². The molecule has 1 aromatic carbocycles. The fourth-order valence-corrected chi connectivity index (χ4v) is 2.13. The number of amides is 1. The molecule has 0 saturated heterocycles. The van der Waals surface area contributed by atoms with Crippen LogP contribution in [0.3, 0.4) is 0 Å². The van der Waals surface area contributed by atoms with Gasteiger partial charge in [0.15, 0.2) is 16.6 Å². The van der Waals surface area contributed by atoms with E-state index >= 15 is 0 Å². The Morgan fingerprint density at radius 2 is 2.28 bits per heavy atom. The van der Waals surface area contributed by atoms with Crippen LogP contribution in [0, 0.1) is 6.92 Å². The van der Waals surface area contributed by atoms with Gasteiger partial charge in [-0.25, -0.2) is 4.98 Å². The largest absolute Gasteiger partial charge is 0.504 e. The molecule has 2 N–H and O–H groups in total. The summed E-state index contributed by atoms with van der Waals surface area (Å²) in [5.41, 5.74) is 0.993. The van der Waals surface area contributed by atoms with E-state index in [1.165, 1.54) is 24.5 Å². The highest BCUT2D eigenvalue weighted by molar-refractivity contribution is 7.13. The number of phenolic OH excluding ortho intramolecular Hbond substituents is 1. The summed E-state index contributed by atoms with van der Waals surface area (Å²) in [6, 6.07) is 4.74. The number of nitrogens with zero attached hydrogens (tertiary/aromatic N) is 1. The Morgan fingerprint density at radius 1 is 1.50 bits per heavy atom. The predicted octanol–water partition coefficient (Wildman–Crippen LogP) is 2.42. The van der Waals surface area contributed by atoms with E-state index in [-0.39, 0.29) is 17.1 Å². The molecule has 18 heavy (non-hydrogen) atoms. The minimum atomic E-state index is -0.416. The number of aromatic hydroxyl groups is 1. The summed E-state index contributed by atoms with van der Waals surface area (Å²) < 4.78 is 4.95. The summed E-state index contributed by atoms with van der Waals surface area (Å²) in [4.78, 5) is 16.1. The lowest BCUT2D eigenvalue weighted by Gasteiger charge is -2.07. The van der Waals surface area contributed by atoms with Crippen molar-refractivity contribution in [3.8, 4) is 11.5 Å². The number of carbonyl (C=O) groups excluding carboxylic acids is 1. The van der Waals surface area contributed by atoms with Crippen LogP contribution in [0.2, 0.25) is 0 Å². The van der Waals surface area contributed by atoms with Gasteiger partial charge < -0.3 is 9.84 Å². The second-order valence-electron chi connectivity index (χ2n) is 3.60. The highest BCUT2D eigenvalue weighted by atomic mass is 32.1. The van der Waals surface area contributed by atoms with E-state index in [4.69, 9.17) is 4.74 Å². The predicted molar refractivity (Wildman–Crippen MR) is 69.5 cm³/mol. The quantitative estimate of drug-likeness (QED) is 0.893. The number of carbonyl (C=O) groups is 1. The van der Waals surface area contributed by atoms with Gasteiger partial charge in [0.1, 0.15) is 0 Å². The van der Waals surface area contributed by atoms with Crippen molar-refractivity contribution in [3.05, 3.63) is 34.8 Å². The zero-order valence-corrected chi connectivity index (χ0v) is 10.7. The topological polar surface area (TPSA) is 71.5 Å². The molecule has 94 valence electrons. The Balaban J connectivity index is 2.24. The number of phenols is 1. The van der Waals surface area contributed by atoms with E-state index in [2.05, 4.69) is 10.3 Å². The maximum Gasteiger partial charge on any atom is 0.261 e. The molecule has 0 saturated carbocycles. The summed E-state index contributed by atoms with van der Waals surface area (Å²) in [6.45, 7) is 1.84. The number of benzene rings is 1. The summed E-state index contributed by atoms with van der Waals surface area (Å²) in [7, 11) is 1.43. The molecule has 0 aliphatic carbocycles. The molecule has 0 spiro atoms. The molecule has 0 bridgehead atoms. The molecule has 5 nitrogen and oxygen atoms in total. The van der Waals surface area contributed by atoms with Crippen LogP contribution in [0.15, 0.2) is 23.6 Å². The third-order valence-corrected chi connectivity index (χ3v) is 3.18. The first-order chi connectivity index (χ1) is 8.61. The lowest BCUT2D eigenvalue weighted by atomic mass is 10.2. The van der Waals surface area contributed by atoms with Crippen LogP contribution in [0.25, 0.3) is 0 Å². The smallest absolute Gasteiger partial charge is 0.261 e. The van der Waals surface area contributed by atoms with Gasteiger partial charge in [-0.05, 0) is 19.1 Å². The van der Waals surface area contributed by atoms with Gasteiger partial charge >= 0.3 is 0 Å². The number of rotatable bonds is 3. The first kappa shape index (κ1) is 12.4. The molecule has 0 atom stereocenters. The monoisotopic (exact) mass is 264 g/mol. The Bertz CT molecular complexity index is 580. The average Bonchev–Trinajstić information content (AvgIpc) is 2.75. The number of hydrogen-bond acceptors (Lipinski definition) is 5. The lowest BCUT2D eigenvalue weighted by molar-refractivity contribution is 0.102. The Hall–Kier alpha value is -2.08. The fourth-order valence-electron chi connectivity index (χ4n) is 1.45. The van der Waals surface area contributed by atoms with Gasteiger partial charge in [0, 0.05) is 5.38 Å². The molecule has 2 rings (SSSR count). The summed E-state index contributed by atoms with van der Waals surface area (Å²) in [5.74, 6) is -0.329. The number of hydrogen-bond donors (Lipinski definition) is 2. The molecule has 1 heterocycles. The molecule has 2 aromatic rings. The van der Waals surface area contributed by atoms with Crippen LogP contribution in [0.1, 0.15) is 16.1 Å². The van der Waals surface area contributed by atoms with E-state index in [9.17, 15) is 9.90 Å². The Kier molecular flexibility index (Phi) is 3.47. The van der Waals surface area contributed by atoms with Gasteiger partial charge in [0.2, 0.25) is 0 Å². The minimum Gasteiger partial charge on any atom is -0.504 e. The number of para-hydroxylation sites is 1. The third kappa shape index (κ3) is 2.43. The number of aromatic nitrogens is 1. The molecule has 0 fully saturated rings.